The SMILES string of the molecule is CC1(F)COC(N2C=CC(O)NC2O)C1. The summed E-state index contributed by atoms with van der Waals surface area (Å²) in [5, 5.41) is 21.2. The highest BCUT2D eigenvalue weighted by Crippen LogP contribution is 2.30. The zero-order valence-electron chi connectivity index (χ0n) is 8.43. The van der Waals surface area contributed by atoms with Gasteiger partial charge in [0.1, 0.15) is 18.1 Å². The summed E-state index contributed by atoms with van der Waals surface area (Å²) >= 11 is 0. The van der Waals surface area contributed by atoms with Gasteiger partial charge in [-0.3, -0.25) is 0 Å². The lowest BCUT2D eigenvalue weighted by Gasteiger charge is -2.35. The van der Waals surface area contributed by atoms with Gasteiger partial charge in [-0.05, 0) is 13.0 Å². The van der Waals surface area contributed by atoms with Crippen molar-refractivity contribution in [2.45, 2.75) is 37.8 Å². The van der Waals surface area contributed by atoms with E-state index < -0.39 is 24.5 Å². The van der Waals surface area contributed by atoms with E-state index in [-0.39, 0.29) is 13.0 Å². The lowest BCUT2D eigenvalue weighted by Crippen LogP contribution is -2.53. The first-order chi connectivity index (χ1) is 6.98. The van der Waals surface area contributed by atoms with Crippen LogP contribution in [0.1, 0.15) is 13.3 Å². The Morgan fingerprint density at radius 1 is 1.60 bits per heavy atom. The molecule has 0 aromatic heterocycles. The number of alkyl halides is 1. The average molecular weight is 218 g/mol. The van der Waals surface area contributed by atoms with Crippen LogP contribution >= 0.6 is 0 Å². The van der Waals surface area contributed by atoms with Crippen LogP contribution in [0.15, 0.2) is 12.3 Å². The molecular formula is C9H15FN2O3. The quantitative estimate of drug-likeness (QED) is 0.552. The van der Waals surface area contributed by atoms with Gasteiger partial charge in [-0.15, -0.1) is 0 Å². The summed E-state index contributed by atoms with van der Waals surface area (Å²) in [6.07, 6.45) is 0.748. The molecule has 2 heterocycles. The lowest BCUT2D eigenvalue weighted by molar-refractivity contribution is -0.116. The molecule has 0 bridgehead atoms. The molecule has 5 nitrogen and oxygen atoms in total. The van der Waals surface area contributed by atoms with Gasteiger partial charge in [0, 0.05) is 12.6 Å². The number of aliphatic hydroxyl groups excluding tert-OH is 2. The topological polar surface area (TPSA) is 65.0 Å². The summed E-state index contributed by atoms with van der Waals surface area (Å²) in [6.45, 7) is 1.49. The number of nitrogens with zero attached hydrogens (tertiary/aromatic N) is 1. The van der Waals surface area contributed by atoms with Gasteiger partial charge in [0.15, 0.2) is 6.35 Å². The third-order valence-corrected chi connectivity index (χ3v) is 2.55. The number of rotatable bonds is 1. The molecule has 2 aliphatic rings. The standard InChI is InChI=1S/C9H15FN2O3/c1-9(10)4-7(15-5-9)12-3-2-6(13)11-8(12)14/h2-3,6-8,11,13-14H,4-5H2,1H3. The number of halogens is 1. The molecule has 0 aromatic rings. The summed E-state index contributed by atoms with van der Waals surface area (Å²) in [5.41, 5.74) is -1.35. The molecule has 1 fully saturated rings. The smallest absolute Gasteiger partial charge is 0.187 e. The van der Waals surface area contributed by atoms with Crippen LogP contribution in [-0.4, -0.2) is 46.2 Å². The number of nitrogens with one attached hydrogen (secondary N) is 1. The Balaban J connectivity index is 2.03. The van der Waals surface area contributed by atoms with E-state index in [0.29, 0.717) is 0 Å². The Labute approximate surface area is 87.1 Å². The zero-order chi connectivity index (χ0) is 11.1. The van der Waals surface area contributed by atoms with Crippen molar-refractivity contribution in [2.75, 3.05) is 6.61 Å². The van der Waals surface area contributed by atoms with Crippen molar-refractivity contribution < 1.29 is 19.3 Å². The van der Waals surface area contributed by atoms with Crippen LogP contribution in [0.25, 0.3) is 0 Å². The van der Waals surface area contributed by atoms with Crippen LogP contribution in [0.2, 0.25) is 0 Å². The predicted molar refractivity (Wildman–Crippen MR) is 50.0 cm³/mol. The molecule has 2 rings (SSSR count). The van der Waals surface area contributed by atoms with E-state index in [9.17, 15) is 9.50 Å². The van der Waals surface area contributed by atoms with Crippen LogP contribution < -0.4 is 5.32 Å². The van der Waals surface area contributed by atoms with Crippen molar-refractivity contribution in [3.8, 4) is 0 Å². The molecule has 4 atom stereocenters. The van der Waals surface area contributed by atoms with Crippen LogP contribution in [0.4, 0.5) is 4.39 Å². The van der Waals surface area contributed by atoms with Gasteiger partial charge in [-0.1, -0.05) is 0 Å². The summed E-state index contributed by atoms with van der Waals surface area (Å²) in [4.78, 5) is 1.44. The van der Waals surface area contributed by atoms with E-state index in [2.05, 4.69) is 5.32 Å². The molecule has 0 aromatic carbocycles. The number of aliphatic hydroxyl groups is 2. The van der Waals surface area contributed by atoms with Crippen molar-refractivity contribution in [2.24, 2.45) is 0 Å². The molecule has 0 radical (unpaired) electrons. The van der Waals surface area contributed by atoms with Crippen LogP contribution in [0.5, 0.6) is 0 Å². The Morgan fingerprint density at radius 2 is 2.33 bits per heavy atom. The largest absolute Gasteiger partial charge is 0.375 e. The minimum Gasteiger partial charge on any atom is -0.375 e. The average Bonchev–Trinajstić information content (AvgIpc) is 2.46. The van der Waals surface area contributed by atoms with Crippen LogP contribution in [0.3, 0.4) is 0 Å². The maximum atomic E-state index is 13.5. The first-order valence-electron chi connectivity index (χ1n) is 4.86. The maximum Gasteiger partial charge on any atom is 0.187 e. The van der Waals surface area contributed by atoms with Crippen molar-refractivity contribution in [1.29, 1.82) is 0 Å². The first kappa shape index (κ1) is 10.8. The van der Waals surface area contributed by atoms with E-state index in [1.54, 1.807) is 0 Å². The van der Waals surface area contributed by atoms with Gasteiger partial charge >= 0.3 is 0 Å². The Kier molecular flexibility index (Phi) is 2.68. The van der Waals surface area contributed by atoms with Crippen LogP contribution in [-0.2, 0) is 4.74 Å². The van der Waals surface area contributed by atoms with Crippen LogP contribution in [0, 0.1) is 0 Å². The first-order valence-corrected chi connectivity index (χ1v) is 4.86. The molecule has 2 aliphatic heterocycles. The highest BCUT2D eigenvalue weighted by molar-refractivity contribution is 4.97. The fourth-order valence-corrected chi connectivity index (χ4v) is 1.75. The number of hydrogen-bond donors (Lipinski definition) is 3. The lowest BCUT2D eigenvalue weighted by atomic mass is 10.1. The van der Waals surface area contributed by atoms with Gasteiger partial charge in [0.05, 0.1) is 6.61 Å². The Bertz CT molecular complexity index is 272. The fourth-order valence-electron chi connectivity index (χ4n) is 1.75. The molecule has 0 aliphatic carbocycles. The molecule has 0 spiro atoms. The normalized spacial score (nSPS) is 46.1. The van der Waals surface area contributed by atoms with Gasteiger partial charge in [0.2, 0.25) is 0 Å². The second-order valence-electron chi connectivity index (χ2n) is 4.16. The van der Waals surface area contributed by atoms with Gasteiger partial charge in [-0.2, -0.15) is 0 Å². The highest BCUT2D eigenvalue weighted by Gasteiger charge is 2.40. The minimum atomic E-state index is -1.35. The van der Waals surface area contributed by atoms with Crippen molar-refractivity contribution in [1.82, 2.24) is 10.2 Å². The molecule has 6 heteroatoms. The summed E-state index contributed by atoms with van der Waals surface area (Å²) in [5.74, 6) is 0. The summed E-state index contributed by atoms with van der Waals surface area (Å²) in [7, 11) is 0. The van der Waals surface area contributed by atoms with E-state index in [1.807, 2.05) is 0 Å². The summed E-state index contributed by atoms with van der Waals surface area (Å²) in [6, 6.07) is 0. The molecule has 0 saturated carbocycles. The second kappa shape index (κ2) is 3.71. The molecule has 86 valence electrons. The zero-order valence-corrected chi connectivity index (χ0v) is 8.43. The highest BCUT2D eigenvalue weighted by atomic mass is 19.1. The van der Waals surface area contributed by atoms with E-state index >= 15 is 0 Å². The molecule has 0 amide bonds. The number of hydrogen-bond acceptors (Lipinski definition) is 5. The predicted octanol–water partition coefficient (Wildman–Crippen LogP) is -0.526. The maximum absolute atomic E-state index is 13.5. The fraction of sp³-hybridized carbons (Fsp3) is 0.778. The molecule has 1 saturated heterocycles. The van der Waals surface area contributed by atoms with Crippen molar-refractivity contribution in [3.63, 3.8) is 0 Å². The number of ether oxygens (including phenoxy) is 1. The van der Waals surface area contributed by atoms with Crippen molar-refractivity contribution >= 4 is 0 Å². The summed E-state index contributed by atoms with van der Waals surface area (Å²) < 4.78 is 18.7. The third-order valence-electron chi connectivity index (χ3n) is 2.55. The van der Waals surface area contributed by atoms with Gasteiger partial charge in [-0.25, -0.2) is 9.71 Å². The monoisotopic (exact) mass is 218 g/mol. The van der Waals surface area contributed by atoms with Crippen molar-refractivity contribution in [3.05, 3.63) is 12.3 Å². The molecule has 3 N–H and O–H groups in total. The van der Waals surface area contributed by atoms with Gasteiger partial charge in [0.25, 0.3) is 0 Å². The van der Waals surface area contributed by atoms with Gasteiger partial charge < -0.3 is 19.8 Å². The minimum absolute atomic E-state index is 0.0251. The Hall–Kier alpha value is -0.690. The van der Waals surface area contributed by atoms with E-state index in [4.69, 9.17) is 9.84 Å². The molecule has 15 heavy (non-hydrogen) atoms. The Morgan fingerprint density at radius 3 is 2.87 bits per heavy atom. The molecular weight excluding hydrogens is 203 g/mol. The third kappa shape index (κ3) is 2.28. The van der Waals surface area contributed by atoms with E-state index in [0.717, 1.165) is 0 Å². The second-order valence-corrected chi connectivity index (χ2v) is 4.16. The van der Waals surface area contributed by atoms with E-state index in [1.165, 1.54) is 24.1 Å². The molecule has 4 unspecified atom stereocenters.